The largest absolute Gasteiger partial charge is 0.319 e. The number of rotatable bonds is 3. The molecule has 2 heteroatoms. The average Bonchev–Trinajstić information content (AvgIpc) is 3.12. The minimum Gasteiger partial charge on any atom is -0.319 e. The molecule has 2 fully saturated rings. The zero-order valence-corrected chi connectivity index (χ0v) is 12.2. The summed E-state index contributed by atoms with van der Waals surface area (Å²) in [6.45, 7) is 1.19. The predicted molar refractivity (Wildman–Crippen MR) is 82.8 cm³/mol. The third-order valence-corrected chi connectivity index (χ3v) is 6.38. The van der Waals surface area contributed by atoms with Crippen LogP contribution < -0.4 is 5.32 Å². The lowest BCUT2D eigenvalue weighted by atomic mass is 9.75. The summed E-state index contributed by atoms with van der Waals surface area (Å²) in [7, 11) is 2.11. The van der Waals surface area contributed by atoms with E-state index < -0.39 is 0 Å². The first kappa shape index (κ1) is 11.9. The second kappa shape index (κ2) is 4.60. The van der Waals surface area contributed by atoms with E-state index in [1.165, 1.54) is 35.9 Å². The normalized spacial score (nSPS) is 33.3. The van der Waals surface area contributed by atoms with Crippen molar-refractivity contribution < 1.29 is 0 Å². The number of hydrogen-bond donors (Lipinski definition) is 1. The van der Waals surface area contributed by atoms with Crippen molar-refractivity contribution in [3.8, 4) is 0 Å². The Labute approximate surface area is 119 Å². The topological polar surface area (TPSA) is 12.0 Å². The number of fused-ring (bicyclic) bond motifs is 3. The average molecular weight is 271 g/mol. The lowest BCUT2D eigenvalue weighted by Gasteiger charge is -2.31. The van der Waals surface area contributed by atoms with Crippen LogP contribution in [0.2, 0.25) is 0 Å². The molecule has 0 saturated heterocycles. The van der Waals surface area contributed by atoms with Gasteiger partial charge in [-0.05, 0) is 78.9 Å². The van der Waals surface area contributed by atoms with Gasteiger partial charge < -0.3 is 5.32 Å². The van der Waals surface area contributed by atoms with E-state index >= 15 is 0 Å². The van der Waals surface area contributed by atoms with Crippen molar-refractivity contribution in [2.45, 2.75) is 25.2 Å². The van der Waals surface area contributed by atoms with Crippen LogP contribution in [0.15, 0.2) is 29.6 Å². The Kier molecular flexibility index (Phi) is 2.89. The fourth-order valence-corrected chi connectivity index (χ4v) is 5.69. The van der Waals surface area contributed by atoms with Crippen molar-refractivity contribution in [2.24, 2.45) is 17.8 Å². The Hall–Kier alpha value is -0.860. The van der Waals surface area contributed by atoms with Crippen LogP contribution in [0, 0.1) is 17.8 Å². The maximum Gasteiger partial charge on any atom is 0.0345 e. The van der Waals surface area contributed by atoms with Gasteiger partial charge in [0.15, 0.2) is 0 Å². The highest BCUT2D eigenvalue weighted by molar-refractivity contribution is 7.17. The van der Waals surface area contributed by atoms with E-state index in [4.69, 9.17) is 0 Å². The molecule has 1 aromatic heterocycles. The predicted octanol–water partition coefficient (Wildman–Crippen LogP) is 4.25. The highest BCUT2D eigenvalue weighted by atomic mass is 32.1. The Morgan fingerprint density at radius 3 is 2.95 bits per heavy atom. The molecule has 2 aliphatic rings. The van der Waals surface area contributed by atoms with Crippen LogP contribution in [0.25, 0.3) is 10.1 Å². The number of thiophene rings is 1. The Balaban J connectivity index is 1.78. The Morgan fingerprint density at radius 2 is 2.05 bits per heavy atom. The van der Waals surface area contributed by atoms with Crippen LogP contribution in [-0.2, 0) is 0 Å². The maximum absolute atomic E-state index is 3.44. The van der Waals surface area contributed by atoms with E-state index in [-0.39, 0.29) is 0 Å². The van der Waals surface area contributed by atoms with Crippen LogP contribution >= 0.6 is 11.3 Å². The summed E-state index contributed by atoms with van der Waals surface area (Å²) in [5, 5.41) is 7.40. The van der Waals surface area contributed by atoms with E-state index in [2.05, 4.69) is 42.0 Å². The Bertz CT molecular complexity index is 588. The third kappa shape index (κ3) is 1.77. The van der Waals surface area contributed by atoms with E-state index in [9.17, 15) is 0 Å². The molecule has 19 heavy (non-hydrogen) atoms. The molecule has 1 heterocycles. The summed E-state index contributed by atoms with van der Waals surface area (Å²) >= 11 is 1.93. The number of benzene rings is 1. The van der Waals surface area contributed by atoms with E-state index in [0.717, 1.165) is 23.7 Å². The van der Waals surface area contributed by atoms with Gasteiger partial charge >= 0.3 is 0 Å². The van der Waals surface area contributed by atoms with Gasteiger partial charge in [-0.3, -0.25) is 0 Å². The summed E-state index contributed by atoms with van der Waals surface area (Å²) in [4.78, 5) is 0. The van der Waals surface area contributed by atoms with Gasteiger partial charge in [-0.1, -0.05) is 18.2 Å². The standard InChI is InChI=1S/C17H21NS/c1-18-9-14-11-6-7-12(8-11)17(14)15-10-19-16-5-3-2-4-13(15)16/h2-5,10-12,14,17-18H,6-9H2,1H3/t11-,12+,14-,17+/m0/s1. The molecule has 0 amide bonds. The van der Waals surface area contributed by atoms with Gasteiger partial charge in [0.2, 0.25) is 0 Å². The summed E-state index contributed by atoms with van der Waals surface area (Å²) in [6.07, 6.45) is 4.40. The minimum atomic E-state index is 0.808. The summed E-state index contributed by atoms with van der Waals surface area (Å²) in [6, 6.07) is 8.95. The molecule has 1 aromatic carbocycles. The number of hydrogen-bond acceptors (Lipinski definition) is 2. The smallest absolute Gasteiger partial charge is 0.0345 e. The van der Waals surface area contributed by atoms with Gasteiger partial charge in [-0.15, -0.1) is 11.3 Å². The molecular formula is C17H21NS. The van der Waals surface area contributed by atoms with Crippen LogP contribution in [0.3, 0.4) is 0 Å². The molecule has 0 aliphatic heterocycles. The van der Waals surface area contributed by atoms with Crippen molar-refractivity contribution in [2.75, 3.05) is 13.6 Å². The van der Waals surface area contributed by atoms with Crippen LogP contribution in [0.5, 0.6) is 0 Å². The van der Waals surface area contributed by atoms with Gasteiger partial charge in [0.25, 0.3) is 0 Å². The van der Waals surface area contributed by atoms with Crippen molar-refractivity contribution in [3.05, 3.63) is 35.2 Å². The molecule has 1 N–H and O–H groups in total. The first-order valence-electron chi connectivity index (χ1n) is 7.49. The molecule has 4 atom stereocenters. The first-order chi connectivity index (χ1) is 9.38. The molecule has 0 unspecified atom stereocenters. The third-order valence-electron chi connectivity index (χ3n) is 5.40. The van der Waals surface area contributed by atoms with Gasteiger partial charge in [0.05, 0.1) is 0 Å². The molecule has 100 valence electrons. The summed E-state index contributed by atoms with van der Waals surface area (Å²) in [5.41, 5.74) is 1.65. The fourth-order valence-electron chi connectivity index (χ4n) is 4.68. The fraction of sp³-hybridized carbons (Fsp3) is 0.529. The minimum absolute atomic E-state index is 0.808. The van der Waals surface area contributed by atoms with Gasteiger partial charge in [-0.2, -0.15) is 0 Å². The van der Waals surface area contributed by atoms with Crippen molar-refractivity contribution in [1.29, 1.82) is 0 Å². The molecule has 2 saturated carbocycles. The van der Waals surface area contributed by atoms with Gasteiger partial charge in [0.1, 0.15) is 0 Å². The molecule has 4 rings (SSSR count). The summed E-state index contributed by atoms with van der Waals surface area (Å²) in [5.74, 6) is 3.59. The second-order valence-electron chi connectivity index (χ2n) is 6.27. The Morgan fingerprint density at radius 1 is 1.21 bits per heavy atom. The number of nitrogens with one attached hydrogen (secondary N) is 1. The second-order valence-corrected chi connectivity index (χ2v) is 7.18. The molecule has 2 aromatic rings. The molecule has 2 bridgehead atoms. The van der Waals surface area contributed by atoms with Crippen LogP contribution in [-0.4, -0.2) is 13.6 Å². The monoisotopic (exact) mass is 271 g/mol. The highest BCUT2D eigenvalue weighted by Gasteiger charge is 2.48. The van der Waals surface area contributed by atoms with Crippen LogP contribution in [0.4, 0.5) is 0 Å². The first-order valence-corrected chi connectivity index (χ1v) is 8.37. The lowest BCUT2D eigenvalue weighted by molar-refractivity contribution is 0.284. The molecule has 0 radical (unpaired) electrons. The van der Waals surface area contributed by atoms with Gasteiger partial charge in [-0.25, -0.2) is 0 Å². The quantitative estimate of drug-likeness (QED) is 0.880. The molecular weight excluding hydrogens is 250 g/mol. The van der Waals surface area contributed by atoms with E-state index in [0.29, 0.717) is 0 Å². The summed E-state index contributed by atoms with van der Waals surface area (Å²) < 4.78 is 1.46. The van der Waals surface area contributed by atoms with Crippen LogP contribution in [0.1, 0.15) is 30.7 Å². The van der Waals surface area contributed by atoms with Crippen molar-refractivity contribution >= 4 is 21.4 Å². The molecule has 0 spiro atoms. The zero-order chi connectivity index (χ0) is 12.8. The van der Waals surface area contributed by atoms with E-state index in [1.54, 1.807) is 5.56 Å². The highest BCUT2D eigenvalue weighted by Crippen LogP contribution is 2.57. The SMILES string of the molecule is CNC[C@H]1[C@H]2CC[C@H](C2)[C@H]1c1csc2ccccc12. The molecule has 2 aliphatic carbocycles. The van der Waals surface area contributed by atoms with Gasteiger partial charge in [0, 0.05) is 4.70 Å². The van der Waals surface area contributed by atoms with E-state index in [1.807, 2.05) is 11.3 Å². The zero-order valence-electron chi connectivity index (χ0n) is 11.4. The maximum atomic E-state index is 3.44. The lowest BCUT2D eigenvalue weighted by Crippen LogP contribution is -2.29. The van der Waals surface area contributed by atoms with Crippen molar-refractivity contribution in [1.82, 2.24) is 5.32 Å². The molecule has 1 nitrogen and oxygen atoms in total. The van der Waals surface area contributed by atoms with Crippen molar-refractivity contribution in [3.63, 3.8) is 0 Å².